The van der Waals surface area contributed by atoms with Crippen molar-refractivity contribution in [3.63, 3.8) is 0 Å². The van der Waals surface area contributed by atoms with Crippen LogP contribution in [0.25, 0.3) is 0 Å². The first kappa shape index (κ1) is 12.3. The Kier molecular flexibility index (Phi) is 4.20. The van der Waals surface area contributed by atoms with Crippen LogP contribution in [-0.4, -0.2) is 43.4 Å². The predicted molar refractivity (Wildman–Crippen MR) is 63.3 cm³/mol. The Labute approximate surface area is 98.1 Å². The predicted octanol–water partition coefficient (Wildman–Crippen LogP) is 2.48. The van der Waals surface area contributed by atoms with Crippen molar-refractivity contribution in [1.82, 2.24) is 4.90 Å². The monoisotopic (exact) mass is 229 g/mol. The van der Waals surface area contributed by atoms with Crippen LogP contribution in [0.5, 0.6) is 0 Å². The average Bonchev–Trinajstić information content (AvgIpc) is 2.25. The van der Waals surface area contributed by atoms with Gasteiger partial charge in [-0.2, -0.15) is 0 Å². The molecule has 3 heteroatoms. The summed E-state index contributed by atoms with van der Waals surface area (Å²) in [6, 6.07) is 0. The molecule has 16 heavy (non-hydrogen) atoms. The molecule has 2 fully saturated rings. The molecule has 2 nitrogen and oxygen atoms in total. The molecule has 0 saturated carbocycles. The van der Waals surface area contributed by atoms with E-state index in [1.165, 1.54) is 12.8 Å². The second-order valence-corrected chi connectivity index (χ2v) is 5.58. The summed E-state index contributed by atoms with van der Waals surface area (Å²) in [6.45, 7) is 8.13. The van der Waals surface area contributed by atoms with E-state index >= 15 is 0 Å². The molecule has 2 heterocycles. The van der Waals surface area contributed by atoms with Crippen LogP contribution >= 0.6 is 0 Å². The van der Waals surface area contributed by atoms with Gasteiger partial charge in [0.15, 0.2) is 0 Å². The molecule has 2 aliphatic heterocycles. The molecule has 0 radical (unpaired) electrons. The molecule has 4 unspecified atom stereocenters. The van der Waals surface area contributed by atoms with Crippen LogP contribution in [0.15, 0.2) is 0 Å². The second kappa shape index (κ2) is 5.46. The van der Waals surface area contributed by atoms with Gasteiger partial charge < -0.3 is 9.64 Å². The highest BCUT2D eigenvalue weighted by atomic mass is 19.1. The third kappa shape index (κ3) is 2.95. The zero-order valence-electron chi connectivity index (χ0n) is 10.5. The lowest BCUT2D eigenvalue weighted by atomic mass is 9.93. The van der Waals surface area contributed by atoms with Crippen molar-refractivity contribution in [2.45, 2.75) is 45.4 Å². The molecule has 4 atom stereocenters. The number of alkyl halides is 1. The SMILES string of the molecule is CC1CCCN(CC2OCCC(F)C2C)C1. The van der Waals surface area contributed by atoms with Gasteiger partial charge in [0.05, 0.1) is 6.10 Å². The summed E-state index contributed by atoms with van der Waals surface area (Å²) in [5, 5.41) is 0. The molecule has 0 aliphatic carbocycles. The highest BCUT2D eigenvalue weighted by Gasteiger charge is 2.32. The molecule has 2 saturated heterocycles. The lowest BCUT2D eigenvalue weighted by molar-refractivity contribution is -0.0755. The second-order valence-electron chi connectivity index (χ2n) is 5.58. The summed E-state index contributed by atoms with van der Waals surface area (Å²) < 4.78 is 19.3. The molecule has 2 rings (SSSR count). The highest BCUT2D eigenvalue weighted by Crippen LogP contribution is 2.25. The van der Waals surface area contributed by atoms with Crippen molar-refractivity contribution in [3.05, 3.63) is 0 Å². The fourth-order valence-corrected chi connectivity index (χ4v) is 2.91. The number of piperidine rings is 1. The number of rotatable bonds is 2. The van der Waals surface area contributed by atoms with Crippen LogP contribution < -0.4 is 0 Å². The summed E-state index contributed by atoms with van der Waals surface area (Å²) >= 11 is 0. The topological polar surface area (TPSA) is 12.5 Å². The molecule has 0 N–H and O–H groups in total. The van der Waals surface area contributed by atoms with Crippen molar-refractivity contribution in [2.24, 2.45) is 11.8 Å². The number of ether oxygens (including phenoxy) is 1. The van der Waals surface area contributed by atoms with E-state index in [0.717, 1.165) is 25.6 Å². The van der Waals surface area contributed by atoms with E-state index < -0.39 is 6.17 Å². The van der Waals surface area contributed by atoms with E-state index in [9.17, 15) is 4.39 Å². The lowest BCUT2D eigenvalue weighted by Crippen LogP contribution is -2.46. The summed E-state index contributed by atoms with van der Waals surface area (Å²) in [6.07, 6.45) is 2.63. The highest BCUT2D eigenvalue weighted by molar-refractivity contribution is 4.82. The van der Waals surface area contributed by atoms with Crippen LogP contribution in [0, 0.1) is 11.8 Å². The van der Waals surface area contributed by atoms with Gasteiger partial charge >= 0.3 is 0 Å². The van der Waals surface area contributed by atoms with Gasteiger partial charge in [0, 0.05) is 32.0 Å². The molecule has 2 aliphatic rings. The van der Waals surface area contributed by atoms with Gasteiger partial charge in [-0.25, -0.2) is 4.39 Å². The van der Waals surface area contributed by atoms with E-state index in [1.54, 1.807) is 0 Å². The Morgan fingerprint density at radius 1 is 1.31 bits per heavy atom. The quantitative estimate of drug-likeness (QED) is 0.721. The summed E-state index contributed by atoms with van der Waals surface area (Å²) in [4.78, 5) is 2.45. The fourth-order valence-electron chi connectivity index (χ4n) is 2.91. The van der Waals surface area contributed by atoms with Crippen LogP contribution in [0.4, 0.5) is 4.39 Å². The van der Waals surface area contributed by atoms with Crippen molar-refractivity contribution in [1.29, 1.82) is 0 Å². The summed E-state index contributed by atoms with van der Waals surface area (Å²) in [5.74, 6) is 0.847. The first-order chi connectivity index (χ1) is 7.66. The Balaban J connectivity index is 1.83. The Bertz CT molecular complexity index is 224. The van der Waals surface area contributed by atoms with E-state index in [2.05, 4.69) is 11.8 Å². The molecule has 0 aromatic heterocycles. The standard InChI is InChI=1S/C13H24FNO/c1-10-4-3-6-15(8-10)9-13-11(2)12(14)5-7-16-13/h10-13H,3-9H2,1-2H3. The van der Waals surface area contributed by atoms with Crippen LogP contribution in [-0.2, 0) is 4.74 Å². The minimum absolute atomic E-state index is 0.0611. The molecular formula is C13H24FNO. The molecule has 94 valence electrons. The molecule has 0 aromatic carbocycles. The lowest BCUT2D eigenvalue weighted by Gasteiger charge is -2.38. The number of hydrogen-bond acceptors (Lipinski definition) is 2. The van der Waals surface area contributed by atoms with E-state index in [4.69, 9.17) is 4.74 Å². The van der Waals surface area contributed by atoms with Crippen molar-refractivity contribution >= 4 is 0 Å². The Morgan fingerprint density at radius 2 is 2.12 bits per heavy atom. The maximum atomic E-state index is 13.6. The van der Waals surface area contributed by atoms with Gasteiger partial charge in [0.25, 0.3) is 0 Å². The molecule has 0 bridgehead atoms. The number of hydrogen-bond donors (Lipinski definition) is 0. The van der Waals surface area contributed by atoms with E-state index in [-0.39, 0.29) is 12.0 Å². The maximum Gasteiger partial charge on any atom is 0.107 e. The zero-order chi connectivity index (χ0) is 11.5. The first-order valence-corrected chi connectivity index (χ1v) is 6.65. The van der Waals surface area contributed by atoms with Crippen LogP contribution in [0.1, 0.15) is 33.1 Å². The van der Waals surface area contributed by atoms with Gasteiger partial charge in [-0.05, 0) is 25.3 Å². The molecular weight excluding hydrogens is 205 g/mol. The van der Waals surface area contributed by atoms with Gasteiger partial charge in [-0.15, -0.1) is 0 Å². The van der Waals surface area contributed by atoms with Crippen molar-refractivity contribution in [2.75, 3.05) is 26.2 Å². The molecule has 0 amide bonds. The number of halogens is 1. The zero-order valence-corrected chi connectivity index (χ0v) is 10.5. The molecule has 0 aromatic rings. The third-order valence-corrected chi connectivity index (χ3v) is 4.06. The van der Waals surface area contributed by atoms with E-state index in [0.29, 0.717) is 13.0 Å². The number of likely N-dealkylation sites (tertiary alicyclic amines) is 1. The minimum atomic E-state index is -0.666. The average molecular weight is 229 g/mol. The van der Waals surface area contributed by atoms with Crippen LogP contribution in [0.3, 0.4) is 0 Å². The maximum absolute atomic E-state index is 13.6. The minimum Gasteiger partial charge on any atom is -0.376 e. The largest absolute Gasteiger partial charge is 0.376 e. The Hall–Kier alpha value is -0.150. The Morgan fingerprint density at radius 3 is 2.88 bits per heavy atom. The smallest absolute Gasteiger partial charge is 0.107 e. The number of nitrogens with zero attached hydrogens (tertiary/aromatic N) is 1. The van der Waals surface area contributed by atoms with Gasteiger partial charge in [-0.1, -0.05) is 13.8 Å². The van der Waals surface area contributed by atoms with Gasteiger partial charge in [0.1, 0.15) is 6.17 Å². The first-order valence-electron chi connectivity index (χ1n) is 6.65. The van der Waals surface area contributed by atoms with Gasteiger partial charge in [0.2, 0.25) is 0 Å². The molecule has 0 spiro atoms. The van der Waals surface area contributed by atoms with Crippen molar-refractivity contribution < 1.29 is 9.13 Å². The van der Waals surface area contributed by atoms with Crippen molar-refractivity contribution in [3.8, 4) is 0 Å². The third-order valence-electron chi connectivity index (χ3n) is 4.06. The van der Waals surface area contributed by atoms with Crippen LogP contribution in [0.2, 0.25) is 0 Å². The fraction of sp³-hybridized carbons (Fsp3) is 1.00. The summed E-state index contributed by atoms with van der Waals surface area (Å²) in [5.41, 5.74) is 0. The normalized spacial score (nSPS) is 42.2. The van der Waals surface area contributed by atoms with Gasteiger partial charge in [-0.3, -0.25) is 0 Å². The summed E-state index contributed by atoms with van der Waals surface area (Å²) in [7, 11) is 0. The van der Waals surface area contributed by atoms with E-state index in [1.807, 2.05) is 6.92 Å².